The molecule has 0 bridgehead atoms. The minimum atomic E-state index is 0.0709. The van der Waals surface area contributed by atoms with E-state index in [1.54, 1.807) is 11.8 Å². The molecule has 2 amide bonds. The van der Waals surface area contributed by atoms with E-state index in [-0.39, 0.29) is 11.8 Å². The molecule has 25 heavy (non-hydrogen) atoms. The zero-order chi connectivity index (χ0) is 17.8. The molecule has 0 N–H and O–H groups in total. The number of nitrogens with zero attached hydrogens (tertiary/aromatic N) is 3. The Hall–Kier alpha value is -1.88. The van der Waals surface area contributed by atoms with Crippen LogP contribution in [-0.2, 0) is 11.3 Å². The summed E-state index contributed by atoms with van der Waals surface area (Å²) in [4.78, 5) is 30.2. The largest absolute Gasteiger partial charge is 0.339 e. The average Bonchev–Trinajstić information content (AvgIpc) is 2.64. The van der Waals surface area contributed by atoms with Crippen LogP contribution in [-0.4, -0.2) is 65.8 Å². The second-order valence-electron chi connectivity index (χ2n) is 7.45. The highest BCUT2D eigenvalue weighted by molar-refractivity contribution is 5.94. The van der Waals surface area contributed by atoms with Gasteiger partial charge in [-0.1, -0.05) is 19.1 Å². The highest BCUT2D eigenvalue weighted by Gasteiger charge is 2.23. The molecule has 0 aliphatic carbocycles. The van der Waals surface area contributed by atoms with Crippen LogP contribution in [0.1, 0.15) is 42.6 Å². The second kappa shape index (κ2) is 8.00. The van der Waals surface area contributed by atoms with Crippen LogP contribution in [0.25, 0.3) is 0 Å². The van der Waals surface area contributed by atoms with Gasteiger partial charge in [0.2, 0.25) is 5.91 Å². The van der Waals surface area contributed by atoms with E-state index in [9.17, 15) is 9.59 Å². The van der Waals surface area contributed by atoms with E-state index in [4.69, 9.17) is 0 Å². The van der Waals surface area contributed by atoms with Crippen LogP contribution in [0.3, 0.4) is 0 Å². The van der Waals surface area contributed by atoms with Crippen LogP contribution in [0, 0.1) is 5.92 Å². The van der Waals surface area contributed by atoms with E-state index in [1.165, 1.54) is 31.5 Å². The molecule has 0 aromatic heterocycles. The summed E-state index contributed by atoms with van der Waals surface area (Å²) < 4.78 is 0. The topological polar surface area (TPSA) is 43.9 Å². The first kappa shape index (κ1) is 17.9. The van der Waals surface area contributed by atoms with Gasteiger partial charge in [-0.15, -0.1) is 0 Å². The van der Waals surface area contributed by atoms with Crippen LogP contribution in [0.5, 0.6) is 0 Å². The fourth-order valence-corrected chi connectivity index (χ4v) is 3.64. The van der Waals surface area contributed by atoms with Crippen molar-refractivity contribution >= 4 is 11.8 Å². The number of benzene rings is 1. The standard InChI is InChI=1S/C20H29N3O2/c1-16-7-9-21(10-8-16)15-18-3-5-19(6-4-18)20(25)23-13-11-22(12-14-23)17(2)24/h3-6,16H,7-15H2,1-2H3. The summed E-state index contributed by atoms with van der Waals surface area (Å²) in [6.07, 6.45) is 2.56. The zero-order valence-corrected chi connectivity index (χ0v) is 15.4. The SMILES string of the molecule is CC(=O)N1CCN(C(=O)c2ccc(CN3CCC(C)CC3)cc2)CC1. The van der Waals surface area contributed by atoms with Crippen LogP contribution >= 0.6 is 0 Å². The van der Waals surface area contributed by atoms with Crippen molar-refractivity contribution in [1.82, 2.24) is 14.7 Å². The first-order valence-electron chi connectivity index (χ1n) is 9.39. The zero-order valence-electron chi connectivity index (χ0n) is 15.4. The Morgan fingerprint density at radius 3 is 2.04 bits per heavy atom. The summed E-state index contributed by atoms with van der Waals surface area (Å²) in [6.45, 7) is 9.72. The number of amides is 2. The van der Waals surface area contributed by atoms with E-state index < -0.39 is 0 Å². The number of piperidine rings is 1. The van der Waals surface area contributed by atoms with Crippen LogP contribution in [0.2, 0.25) is 0 Å². The molecule has 0 saturated carbocycles. The predicted molar refractivity (Wildman–Crippen MR) is 98.3 cm³/mol. The predicted octanol–water partition coefficient (Wildman–Crippen LogP) is 2.22. The van der Waals surface area contributed by atoms with Crippen LogP contribution < -0.4 is 0 Å². The van der Waals surface area contributed by atoms with Crippen molar-refractivity contribution < 1.29 is 9.59 Å². The average molecular weight is 343 g/mol. The Morgan fingerprint density at radius 1 is 0.920 bits per heavy atom. The number of carbonyl (C=O) groups is 2. The Morgan fingerprint density at radius 2 is 1.48 bits per heavy atom. The number of likely N-dealkylation sites (tertiary alicyclic amines) is 1. The summed E-state index contributed by atoms with van der Waals surface area (Å²) in [6, 6.07) is 8.05. The fourth-order valence-electron chi connectivity index (χ4n) is 3.64. The second-order valence-corrected chi connectivity index (χ2v) is 7.45. The maximum atomic E-state index is 12.6. The summed E-state index contributed by atoms with van der Waals surface area (Å²) in [7, 11) is 0. The van der Waals surface area contributed by atoms with Gasteiger partial charge in [0.25, 0.3) is 5.91 Å². The van der Waals surface area contributed by atoms with Crippen molar-refractivity contribution in [3.63, 3.8) is 0 Å². The third kappa shape index (κ3) is 4.60. The van der Waals surface area contributed by atoms with Gasteiger partial charge in [0, 0.05) is 45.2 Å². The molecule has 2 saturated heterocycles. The van der Waals surface area contributed by atoms with Gasteiger partial charge >= 0.3 is 0 Å². The third-order valence-corrected chi connectivity index (χ3v) is 5.50. The van der Waals surface area contributed by atoms with Crippen LogP contribution in [0.4, 0.5) is 0 Å². The molecule has 0 radical (unpaired) electrons. The molecule has 5 nitrogen and oxygen atoms in total. The summed E-state index contributed by atoms with van der Waals surface area (Å²) in [5, 5.41) is 0. The van der Waals surface area contributed by atoms with Crippen LogP contribution in [0.15, 0.2) is 24.3 Å². The smallest absolute Gasteiger partial charge is 0.253 e. The van der Waals surface area contributed by atoms with E-state index in [0.717, 1.165) is 18.0 Å². The number of hydrogen-bond donors (Lipinski definition) is 0. The van der Waals surface area contributed by atoms with E-state index in [0.29, 0.717) is 26.2 Å². The maximum absolute atomic E-state index is 12.6. The Kier molecular flexibility index (Phi) is 5.74. The lowest BCUT2D eigenvalue weighted by molar-refractivity contribution is -0.130. The van der Waals surface area contributed by atoms with Gasteiger partial charge in [0.15, 0.2) is 0 Å². The molecule has 3 rings (SSSR count). The van der Waals surface area contributed by atoms with Crippen molar-refractivity contribution in [2.75, 3.05) is 39.3 Å². The van der Waals surface area contributed by atoms with Gasteiger partial charge in [-0.3, -0.25) is 14.5 Å². The monoisotopic (exact) mass is 343 g/mol. The summed E-state index contributed by atoms with van der Waals surface area (Å²) in [5.41, 5.74) is 2.01. The van der Waals surface area contributed by atoms with Gasteiger partial charge in [-0.05, 0) is 49.5 Å². The highest BCUT2D eigenvalue weighted by Crippen LogP contribution is 2.18. The molecule has 0 unspecified atom stereocenters. The van der Waals surface area contributed by atoms with Crippen molar-refractivity contribution in [2.24, 2.45) is 5.92 Å². The lowest BCUT2D eigenvalue weighted by atomic mass is 9.99. The molecule has 136 valence electrons. The minimum absolute atomic E-state index is 0.0709. The molecule has 1 aromatic rings. The third-order valence-electron chi connectivity index (χ3n) is 5.50. The minimum Gasteiger partial charge on any atom is -0.339 e. The van der Waals surface area contributed by atoms with E-state index >= 15 is 0 Å². The van der Waals surface area contributed by atoms with Crippen molar-refractivity contribution in [2.45, 2.75) is 33.2 Å². The van der Waals surface area contributed by atoms with Crippen molar-refractivity contribution in [1.29, 1.82) is 0 Å². The Labute approximate surface area is 150 Å². The molecule has 2 fully saturated rings. The van der Waals surface area contributed by atoms with Gasteiger partial charge in [0.1, 0.15) is 0 Å². The van der Waals surface area contributed by atoms with Gasteiger partial charge in [-0.25, -0.2) is 0 Å². The number of piperazine rings is 1. The maximum Gasteiger partial charge on any atom is 0.253 e. The van der Waals surface area contributed by atoms with E-state index in [2.05, 4.69) is 24.0 Å². The van der Waals surface area contributed by atoms with Crippen molar-refractivity contribution in [3.8, 4) is 0 Å². The molecule has 2 heterocycles. The molecule has 2 aliphatic rings. The molecular formula is C20H29N3O2. The van der Waals surface area contributed by atoms with Gasteiger partial charge < -0.3 is 9.80 Å². The molecular weight excluding hydrogens is 314 g/mol. The first-order valence-corrected chi connectivity index (χ1v) is 9.39. The highest BCUT2D eigenvalue weighted by atomic mass is 16.2. The number of carbonyl (C=O) groups excluding carboxylic acids is 2. The molecule has 1 aromatic carbocycles. The number of hydrogen-bond acceptors (Lipinski definition) is 3. The molecule has 0 atom stereocenters. The molecule has 5 heteroatoms. The quantitative estimate of drug-likeness (QED) is 0.845. The summed E-state index contributed by atoms with van der Waals surface area (Å²) >= 11 is 0. The fraction of sp³-hybridized carbons (Fsp3) is 0.600. The van der Waals surface area contributed by atoms with Gasteiger partial charge in [0.05, 0.1) is 0 Å². The van der Waals surface area contributed by atoms with E-state index in [1.807, 2.05) is 17.0 Å². The summed E-state index contributed by atoms with van der Waals surface area (Å²) in [5.74, 6) is 1.00. The normalized spacial score (nSPS) is 19.9. The lowest BCUT2D eigenvalue weighted by Crippen LogP contribution is -2.50. The molecule has 2 aliphatic heterocycles. The molecule has 0 spiro atoms. The lowest BCUT2D eigenvalue weighted by Gasteiger charge is -2.34. The Balaban J connectivity index is 1.53. The van der Waals surface area contributed by atoms with Crippen molar-refractivity contribution in [3.05, 3.63) is 35.4 Å². The number of rotatable bonds is 3. The van der Waals surface area contributed by atoms with Gasteiger partial charge in [-0.2, -0.15) is 0 Å². The Bertz CT molecular complexity index is 598. The first-order chi connectivity index (χ1) is 12.0.